The lowest BCUT2D eigenvalue weighted by Crippen LogP contribution is -2.31. The maximum atomic E-state index is 12.7. The van der Waals surface area contributed by atoms with E-state index >= 15 is 0 Å². The molecule has 0 bridgehead atoms. The number of anilines is 1. The molecule has 0 aliphatic carbocycles. The van der Waals surface area contributed by atoms with Crippen LogP contribution in [-0.4, -0.2) is 36.3 Å². The van der Waals surface area contributed by atoms with E-state index in [4.69, 9.17) is 0 Å². The molecule has 2 saturated heterocycles. The molecule has 1 atom stereocenters. The van der Waals surface area contributed by atoms with Crippen LogP contribution < -0.4 is 4.90 Å². The maximum Gasteiger partial charge on any atom is 0.255 e. The Hall–Kier alpha value is -2.10. The molecule has 21 heavy (non-hydrogen) atoms. The number of hydrogen-bond acceptors (Lipinski definition) is 2. The Kier molecular flexibility index (Phi) is 3.78. The first-order valence-electron chi connectivity index (χ1n) is 7.52. The van der Waals surface area contributed by atoms with Gasteiger partial charge in [0.2, 0.25) is 5.91 Å². The van der Waals surface area contributed by atoms with E-state index in [1.165, 1.54) is 0 Å². The van der Waals surface area contributed by atoms with Gasteiger partial charge >= 0.3 is 0 Å². The summed E-state index contributed by atoms with van der Waals surface area (Å²) in [6.45, 7) is 6.02. The highest BCUT2D eigenvalue weighted by Gasteiger charge is 2.32. The Morgan fingerprint density at radius 2 is 1.95 bits per heavy atom. The molecule has 2 amide bonds. The number of nitrogens with zero attached hydrogens (tertiary/aromatic N) is 2. The van der Waals surface area contributed by atoms with E-state index in [2.05, 4.69) is 6.58 Å². The summed E-state index contributed by atoms with van der Waals surface area (Å²) < 4.78 is 0. The molecule has 4 nitrogen and oxygen atoms in total. The molecule has 4 heteroatoms. The summed E-state index contributed by atoms with van der Waals surface area (Å²) in [7, 11) is 0. The van der Waals surface area contributed by atoms with Gasteiger partial charge in [-0.25, -0.2) is 0 Å². The Bertz CT molecular complexity index is 576. The lowest BCUT2D eigenvalue weighted by molar-refractivity contribution is -0.117. The molecule has 1 aromatic rings. The highest BCUT2D eigenvalue weighted by Crippen LogP contribution is 2.29. The Balaban J connectivity index is 1.91. The normalized spacial score (nSPS) is 21.9. The number of amides is 2. The first-order chi connectivity index (χ1) is 10.2. The van der Waals surface area contributed by atoms with Crippen LogP contribution in [0.3, 0.4) is 0 Å². The van der Waals surface area contributed by atoms with Gasteiger partial charge in [-0.2, -0.15) is 0 Å². The lowest BCUT2D eigenvalue weighted by atomic mass is 10.1. The molecule has 2 heterocycles. The van der Waals surface area contributed by atoms with Crippen LogP contribution in [0.4, 0.5) is 5.69 Å². The van der Waals surface area contributed by atoms with Gasteiger partial charge in [0.1, 0.15) is 0 Å². The van der Waals surface area contributed by atoms with Crippen LogP contribution in [0.1, 0.15) is 29.6 Å². The average Bonchev–Trinajstić information content (AvgIpc) is 3.16. The minimum Gasteiger partial charge on any atom is -0.339 e. The molecular weight excluding hydrogens is 264 g/mol. The van der Waals surface area contributed by atoms with Crippen LogP contribution in [-0.2, 0) is 4.79 Å². The van der Waals surface area contributed by atoms with Crippen molar-refractivity contribution in [1.82, 2.24) is 4.90 Å². The van der Waals surface area contributed by atoms with Crippen molar-refractivity contribution in [3.63, 3.8) is 0 Å². The quantitative estimate of drug-likeness (QED) is 0.800. The van der Waals surface area contributed by atoms with E-state index in [-0.39, 0.29) is 17.7 Å². The van der Waals surface area contributed by atoms with Gasteiger partial charge in [0.05, 0.1) is 11.3 Å². The summed E-state index contributed by atoms with van der Waals surface area (Å²) in [4.78, 5) is 28.5. The molecule has 0 saturated carbocycles. The van der Waals surface area contributed by atoms with Crippen LogP contribution in [0.2, 0.25) is 0 Å². The van der Waals surface area contributed by atoms with Gasteiger partial charge < -0.3 is 9.80 Å². The average molecular weight is 284 g/mol. The molecule has 2 aliphatic heterocycles. The minimum atomic E-state index is 0.0398. The zero-order valence-corrected chi connectivity index (χ0v) is 12.1. The van der Waals surface area contributed by atoms with Gasteiger partial charge in [0, 0.05) is 32.0 Å². The van der Waals surface area contributed by atoms with Gasteiger partial charge in [-0.1, -0.05) is 18.2 Å². The second-order valence-electron chi connectivity index (χ2n) is 5.72. The third-order valence-electron chi connectivity index (χ3n) is 4.31. The SMILES string of the molecule is C=CC1CC(=O)N(c2ccccc2C(=O)N2CCCC2)C1. The van der Waals surface area contributed by atoms with Crippen molar-refractivity contribution in [2.75, 3.05) is 24.5 Å². The first-order valence-corrected chi connectivity index (χ1v) is 7.52. The fraction of sp³-hybridized carbons (Fsp3) is 0.412. The lowest BCUT2D eigenvalue weighted by Gasteiger charge is -2.22. The standard InChI is InChI=1S/C17H20N2O2/c1-2-13-11-16(20)19(12-13)15-8-4-3-7-14(15)17(21)18-9-5-6-10-18/h2-4,7-8,13H,1,5-6,9-12H2. The van der Waals surface area contributed by atoms with Crippen LogP contribution in [0.25, 0.3) is 0 Å². The van der Waals surface area contributed by atoms with Crippen LogP contribution in [0.5, 0.6) is 0 Å². The smallest absolute Gasteiger partial charge is 0.255 e. The van der Waals surface area contributed by atoms with E-state index in [9.17, 15) is 9.59 Å². The second kappa shape index (κ2) is 5.72. The van der Waals surface area contributed by atoms with Crippen LogP contribution >= 0.6 is 0 Å². The highest BCUT2D eigenvalue weighted by atomic mass is 16.2. The van der Waals surface area contributed by atoms with Gasteiger partial charge in [-0.3, -0.25) is 9.59 Å². The molecule has 0 spiro atoms. The van der Waals surface area contributed by atoms with Crippen molar-refractivity contribution in [2.45, 2.75) is 19.3 Å². The van der Waals surface area contributed by atoms with Crippen LogP contribution in [0.15, 0.2) is 36.9 Å². The van der Waals surface area contributed by atoms with E-state index in [0.29, 0.717) is 18.5 Å². The van der Waals surface area contributed by atoms with Crippen molar-refractivity contribution in [3.05, 3.63) is 42.5 Å². The molecule has 1 unspecified atom stereocenters. The van der Waals surface area contributed by atoms with Crippen molar-refractivity contribution >= 4 is 17.5 Å². The first kappa shape index (κ1) is 13.9. The van der Waals surface area contributed by atoms with E-state index in [1.807, 2.05) is 35.2 Å². The van der Waals surface area contributed by atoms with Crippen molar-refractivity contribution in [3.8, 4) is 0 Å². The zero-order chi connectivity index (χ0) is 14.8. The highest BCUT2D eigenvalue weighted by molar-refractivity contribution is 6.05. The summed E-state index contributed by atoms with van der Waals surface area (Å²) in [6, 6.07) is 7.43. The van der Waals surface area contributed by atoms with Gasteiger partial charge in [0.25, 0.3) is 5.91 Å². The largest absolute Gasteiger partial charge is 0.339 e. The zero-order valence-electron chi connectivity index (χ0n) is 12.1. The monoisotopic (exact) mass is 284 g/mol. The summed E-state index contributed by atoms with van der Waals surface area (Å²) >= 11 is 0. The predicted molar refractivity (Wildman–Crippen MR) is 82.2 cm³/mol. The third-order valence-corrected chi connectivity index (χ3v) is 4.31. The molecule has 3 rings (SSSR count). The summed E-state index contributed by atoms with van der Waals surface area (Å²) in [5.74, 6) is 0.284. The Morgan fingerprint density at radius 3 is 2.62 bits per heavy atom. The predicted octanol–water partition coefficient (Wildman–Crippen LogP) is 2.46. The summed E-state index contributed by atoms with van der Waals surface area (Å²) in [5.41, 5.74) is 1.38. The summed E-state index contributed by atoms with van der Waals surface area (Å²) in [6.07, 6.45) is 4.43. The Morgan fingerprint density at radius 1 is 1.24 bits per heavy atom. The fourth-order valence-electron chi connectivity index (χ4n) is 3.11. The number of carbonyl (C=O) groups excluding carboxylic acids is 2. The van der Waals surface area contributed by atoms with E-state index < -0.39 is 0 Å². The Labute approximate surface area is 125 Å². The molecule has 1 aromatic carbocycles. The van der Waals surface area contributed by atoms with Gasteiger partial charge in [-0.15, -0.1) is 6.58 Å². The van der Waals surface area contributed by atoms with Gasteiger partial charge in [0.15, 0.2) is 0 Å². The molecule has 2 aliphatic rings. The maximum absolute atomic E-state index is 12.7. The molecule has 0 aromatic heterocycles. The van der Waals surface area contributed by atoms with Crippen molar-refractivity contribution < 1.29 is 9.59 Å². The topological polar surface area (TPSA) is 40.6 Å². The number of carbonyl (C=O) groups is 2. The number of para-hydroxylation sites is 1. The van der Waals surface area contributed by atoms with Crippen molar-refractivity contribution in [1.29, 1.82) is 0 Å². The van der Waals surface area contributed by atoms with Gasteiger partial charge in [-0.05, 0) is 25.0 Å². The van der Waals surface area contributed by atoms with E-state index in [0.717, 1.165) is 31.6 Å². The third kappa shape index (κ3) is 2.58. The number of likely N-dealkylation sites (tertiary alicyclic amines) is 1. The summed E-state index contributed by atoms with van der Waals surface area (Å²) in [5, 5.41) is 0. The van der Waals surface area contributed by atoms with E-state index in [1.54, 1.807) is 4.90 Å². The molecule has 2 fully saturated rings. The van der Waals surface area contributed by atoms with Crippen molar-refractivity contribution in [2.24, 2.45) is 5.92 Å². The van der Waals surface area contributed by atoms with Crippen LogP contribution in [0, 0.1) is 5.92 Å². The second-order valence-corrected chi connectivity index (χ2v) is 5.72. The number of rotatable bonds is 3. The fourth-order valence-corrected chi connectivity index (χ4v) is 3.11. The molecule has 0 N–H and O–H groups in total. The minimum absolute atomic E-state index is 0.0398. The molecule has 0 radical (unpaired) electrons. The number of hydrogen-bond donors (Lipinski definition) is 0. The molecule has 110 valence electrons. The molecular formula is C17H20N2O2. The number of benzene rings is 1.